The maximum atomic E-state index is 12.3. The molecule has 2 heterocycles. The largest absolute Gasteiger partial charge is 0.511 e. The molecule has 1 aliphatic rings. The number of carbonyl (C=O) groups is 1. The number of hydrogen-bond acceptors (Lipinski definition) is 3. The molecule has 0 unspecified atom stereocenters. The van der Waals surface area contributed by atoms with Gasteiger partial charge in [-0.3, -0.25) is 4.79 Å². The molecule has 1 amide bonds. The lowest BCUT2D eigenvalue weighted by Gasteiger charge is -2.19. The predicted octanol–water partition coefficient (Wildman–Crippen LogP) is 2.23. The summed E-state index contributed by atoms with van der Waals surface area (Å²) in [5.74, 6) is 0.396. The van der Waals surface area contributed by atoms with Crippen molar-refractivity contribution in [2.75, 3.05) is 0 Å². The van der Waals surface area contributed by atoms with E-state index in [2.05, 4.69) is 10.3 Å². The molecule has 1 aromatic carbocycles. The van der Waals surface area contributed by atoms with E-state index in [9.17, 15) is 9.90 Å². The highest BCUT2D eigenvalue weighted by Gasteiger charge is 2.27. The molecule has 0 fully saturated rings. The highest BCUT2D eigenvalue weighted by atomic mass is 16.3. The summed E-state index contributed by atoms with van der Waals surface area (Å²) in [6.07, 6.45) is 0.453. The summed E-state index contributed by atoms with van der Waals surface area (Å²) < 4.78 is 1.99. The lowest BCUT2D eigenvalue weighted by Crippen LogP contribution is -2.33. The molecule has 5 heteroatoms. The zero-order chi connectivity index (χ0) is 14.3. The maximum Gasteiger partial charge on any atom is 0.258 e. The number of carbonyl (C=O) groups excluding carboxylic acids is 1. The van der Waals surface area contributed by atoms with E-state index in [1.807, 2.05) is 42.7 Å². The number of imidazole rings is 1. The average molecular weight is 271 g/mol. The Morgan fingerprint density at radius 3 is 2.90 bits per heavy atom. The van der Waals surface area contributed by atoms with Gasteiger partial charge in [-0.2, -0.15) is 0 Å². The van der Waals surface area contributed by atoms with Crippen molar-refractivity contribution in [3.63, 3.8) is 0 Å². The van der Waals surface area contributed by atoms with E-state index in [0.29, 0.717) is 24.4 Å². The number of aliphatic hydroxyl groups is 1. The standard InChI is InChI=1S/C15H17N3O2/c1-9(2)16-15(20)13-12(19)7-8-18-11-6-4-3-5-10(11)17-14(13)18/h3-6,9,19H,7-8H2,1-2H3,(H,16,20). The van der Waals surface area contributed by atoms with Crippen molar-refractivity contribution in [3.8, 4) is 0 Å². The summed E-state index contributed by atoms with van der Waals surface area (Å²) in [4.78, 5) is 16.8. The fourth-order valence-corrected chi connectivity index (χ4v) is 2.53. The van der Waals surface area contributed by atoms with Crippen molar-refractivity contribution in [1.29, 1.82) is 0 Å². The van der Waals surface area contributed by atoms with Gasteiger partial charge in [0.25, 0.3) is 5.91 Å². The number of benzene rings is 1. The number of allylic oxidation sites excluding steroid dienone is 1. The number of rotatable bonds is 2. The first-order chi connectivity index (χ1) is 9.58. The Hall–Kier alpha value is -2.30. The molecule has 5 nitrogen and oxygen atoms in total. The normalized spacial score (nSPS) is 14.8. The van der Waals surface area contributed by atoms with Crippen LogP contribution in [0.5, 0.6) is 0 Å². The number of aliphatic hydroxyl groups excluding tert-OH is 1. The third-order valence-electron chi connectivity index (χ3n) is 3.39. The van der Waals surface area contributed by atoms with Crippen LogP contribution < -0.4 is 5.32 Å². The van der Waals surface area contributed by atoms with Gasteiger partial charge in [-0.1, -0.05) is 12.1 Å². The second kappa shape index (κ2) is 4.67. The molecule has 3 rings (SSSR count). The Labute approximate surface area is 116 Å². The van der Waals surface area contributed by atoms with Crippen LogP contribution >= 0.6 is 0 Å². The number of aryl methyl sites for hydroxylation is 1. The summed E-state index contributed by atoms with van der Waals surface area (Å²) in [5.41, 5.74) is 2.12. The van der Waals surface area contributed by atoms with Crippen LogP contribution in [0.25, 0.3) is 16.6 Å². The first-order valence-corrected chi connectivity index (χ1v) is 6.76. The van der Waals surface area contributed by atoms with Crippen molar-refractivity contribution in [3.05, 3.63) is 35.8 Å². The van der Waals surface area contributed by atoms with Crippen LogP contribution in [0.4, 0.5) is 0 Å². The number of hydrogen-bond donors (Lipinski definition) is 2. The molecule has 104 valence electrons. The van der Waals surface area contributed by atoms with Gasteiger partial charge in [0.1, 0.15) is 17.2 Å². The van der Waals surface area contributed by atoms with E-state index < -0.39 is 0 Å². The van der Waals surface area contributed by atoms with Gasteiger partial charge in [0, 0.05) is 19.0 Å². The fourth-order valence-electron chi connectivity index (χ4n) is 2.53. The molecule has 0 saturated carbocycles. The summed E-state index contributed by atoms with van der Waals surface area (Å²) in [6.45, 7) is 4.42. The Morgan fingerprint density at radius 2 is 2.15 bits per heavy atom. The summed E-state index contributed by atoms with van der Waals surface area (Å²) in [7, 11) is 0. The van der Waals surface area contributed by atoms with E-state index in [0.717, 1.165) is 11.0 Å². The smallest absolute Gasteiger partial charge is 0.258 e. The van der Waals surface area contributed by atoms with Crippen LogP contribution in [0.15, 0.2) is 30.0 Å². The summed E-state index contributed by atoms with van der Waals surface area (Å²) in [5, 5.41) is 12.9. The first-order valence-electron chi connectivity index (χ1n) is 6.76. The lowest BCUT2D eigenvalue weighted by molar-refractivity contribution is -0.116. The molecular formula is C15H17N3O2. The van der Waals surface area contributed by atoms with Crippen LogP contribution in [0, 0.1) is 0 Å². The van der Waals surface area contributed by atoms with Crippen molar-refractivity contribution in [1.82, 2.24) is 14.9 Å². The molecule has 1 aromatic heterocycles. The highest BCUT2D eigenvalue weighted by molar-refractivity contribution is 6.19. The van der Waals surface area contributed by atoms with E-state index in [4.69, 9.17) is 0 Å². The Kier molecular flexibility index (Phi) is 2.97. The molecule has 20 heavy (non-hydrogen) atoms. The molecule has 0 spiro atoms. The quantitative estimate of drug-likeness (QED) is 0.880. The Balaban J connectivity index is 2.14. The monoisotopic (exact) mass is 271 g/mol. The van der Waals surface area contributed by atoms with Crippen LogP contribution in [-0.4, -0.2) is 26.6 Å². The van der Waals surface area contributed by atoms with Crippen LogP contribution in [0.1, 0.15) is 26.1 Å². The second-order valence-corrected chi connectivity index (χ2v) is 5.28. The predicted molar refractivity (Wildman–Crippen MR) is 77.2 cm³/mol. The average Bonchev–Trinajstić information content (AvgIpc) is 2.75. The molecule has 2 aromatic rings. The van der Waals surface area contributed by atoms with Crippen molar-refractivity contribution < 1.29 is 9.90 Å². The van der Waals surface area contributed by atoms with Crippen molar-refractivity contribution in [2.45, 2.75) is 32.9 Å². The number of fused-ring (bicyclic) bond motifs is 3. The topological polar surface area (TPSA) is 67.2 Å². The van der Waals surface area contributed by atoms with Gasteiger partial charge in [0.2, 0.25) is 0 Å². The van der Waals surface area contributed by atoms with Gasteiger partial charge >= 0.3 is 0 Å². The number of nitrogens with zero attached hydrogens (tertiary/aromatic N) is 2. The van der Waals surface area contributed by atoms with E-state index in [-0.39, 0.29) is 17.7 Å². The molecule has 0 bridgehead atoms. The van der Waals surface area contributed by atoms with Crippen molar-refractivity contribution >= 4 is 22.5 Å². The zero-order valence-corrected chi connectivity index (χ0v) is 11.6. The van der Waals surface area contributed by atoms with E-state index in [1.165, 1.54) is 0 Å². The third-order valence-corrected chi connectivity index (χ3v) is 3.39. The minimum atomic E-state index is -0.270. The van der Waals surface area contributed by atoms with E-state index in [1.54, 1.807) is 0 Å². The minimum absolute atomic E-state index is 0.0163. The maximum absolute atomic E-state index is 12.3. The Bertz CT molecular complexity index is 713. The first kappa shape index (κ1) is 12.7. The van der Waals surface area contributed by atoms with Gasteiger partial charge in [-0.15, -0.1) is 0 Å². The molecule has 0 radical (unpaired) electrons. The van der Waals surface area contributed by atoms with E-state index >= 15 is 0 Å². The molecule has 2 N–H and O–H groups in total. The van der Waals surface area contributed by atoms with Crippen molar-refractivity contribution in [2.24, 2.45) is 0 Å². The van der Waals surface area contributed by atoms with Gasteiger partial charge in [-0.05, 0) is 26.0 Å². The van der Waals surface area contributed by atoms with Crippen LogP contribution in [0.3, 0.4) is 0 Å². The summed E-state index contributed by atoms with van der Waals surface area (Å²) in [6, 6.07) is 7.77. The van der Waals surface area contributed by atoms with Crippen LogP contribution in [-0.2, 0) is 11.3 Å². The van der Waals surface area contributed by atoms with Gasteiger partial charge < -0.3 is 15.0 Å². The van der Waals surface area contributed by atoms with Gasteiger partial charge in [0.15, 0.2) is 0 Å². The summed E-state index contributed by atoms with van der Waals surface area (Å²) >= 11 is 0. The minimum Gasteiger partial charge on any atom is -0.511 e. The number of nitrogens with one attached hydrogen (secondary N) is 1. The lowest BCUT2D eigenvalue weighted by atomic mass is 10.1. The molecule has 0 atom stereocenters. The molecule has 1 aliphatic heterocycles. The SMILES string of the molecule is CC(C)NC(=O)C1=C(O)CCn2c1nc1ccccc12. The van der Waals surface area contributed by atoms with Gasteiger partial charge in [0.05, 0.1) is 11.0 Å². The third kappa shape index (κ3) is 1.95. The Morgan fingerprint density at radius 1 is 1.40 bits per heavy atom. The number of para-hydroxylation sites is 2. The fraction of sp³-hybridized carbons (Fsp3) is 0.333. The molecule has 0 saturated heterocycles. The zero-order valence-electron chi connectivity index (χ0n) is 11.6. The number of aromatic nitrogens is 2. The second-order valence-electron chi connectivity index (χ2n) is 5.28. The molecule has 0 aliphatic carbocycles. The molecular weight excluding hydrogens is 254 g/mol. The van der Waals surface area contributed by atoms with Gasteiger partial charge in [-0.25, -0.2) is 4.98 Å². The van der Waals surface area contributed by atoms with Crippen LogP contribution in [0.2, 0.25) is 0 Å². The number of amides is 1. The highest BCUT2D eigenvalue weighted by Crippen LogP contribution is 2.29.